The number of aliphatic hydroxyl groups excluding tert-OH is 1. The van der Waals surface area contributed by atoms with Crippen molar-refractivity contribution in [3.05, 3.63) is 29.3 Å². The summed E-state index contributed by atoms with van der Waals surface area (Å²) in [5, 5.41) is 9.51. The molecule has 1 fully saturated rings. The molecular weight excluding hydrogens is 226 g/mol. The third-order valence-electron chi connectivity index (χ3n) is 4.12. The Bertz CT molecular complexity index is 425. The Morgan fingerprint density at radius 1 is 1.39 bits per heavy atom. The quantitative estimate of drug-likeness (QED) is 0.843. The predicted molar refractivity (Wildman–Crippen MR) is 72.8 cm³/mol. The molecule has 3 nitrogen and oxygen atoms in total. The van der Waals surface area contributed by atoms with Crippen LogP contribution < -0.4 is 10.5 Å². The highest BCUT2D eigenvalue weighted by molar-refractivity contribution is 5.42. The highest BCUT2D eigenvalue weighted by atomic mass is 16.5. The molecule has 0 aliphatic heterocycles. The molecule has 0 spiro atoms. The molecule has 0 amide bonds. The summed E-state index contributed by atoms with van der Waals surface area (Å²) in [7, 11) is 1.67. The Hall–Kier alpha value is -1.06. The van der Waals surface area contributed by atoms with Crippen molar-refractivity contribution < 1.29 is 9.84 Å². The van der Waals surface area contributed by atoms with Crippen LogP contribution in [-0.4, -0.2) is 18.8 Å². The van der Waals surface area contributed by atoms with Gasteiger partial charge in [-0.2, -0.15) is 0 Å². The number of hydrogen-bond donors (Lipinski definition) is 2. The van der Waals surface area contributed by atoms with Crippen LogP contribution in [0.4, 0.5) is 0 Å². The summed E-state index contributed by atoms with van der Waals surface area (Å²) in [6.07, 6.45) is 2.00. The molecule has 1 aromatic carbocycles. The first kappa shape index (κ1) is 13.4. The molecule has 1 saturated carbocycles. The molecule has 18 heavy (non-hydrogen) atoms. The van der Waals surface area contributed by atoms with Crippen LogP contribution >= 0.6 is 0 Å². The van der Waals surface area contributed by atoms with Crippen LogP contribution in [0.3, 0.4) is 0 Å². The van der Waals surface area contributed by atoms with Gasteiger partial charge in [-0.25, -0.2) is 0 Å². The zero-order valence-electron chi connectivity index (χ0n) is 11.4. The smallest absolute Gasteiger partial charge is 0.123 e. The fraction of sp³-hybridized carbons (Fsp3) is 0.600. The molecule has 0 saturated heterocycles. The molecule has 2 rings (SSSR count). The van der Waals surface area contributed by atoms with Crippen molar-refractivity contribution in [1.82, 2.24) is 0 Å². The van der Waals surface area contributed by atoms with E-state index in [-0.39, 0.29) is 18.1 Å². The lowest BCUT2D eigenvalue weighted by molar-refractivity contribution is 0.186. The van der Waals surface area contributed by atoms with E-state index in [1.807, 2.05) is 6.07 Å². The first-order chi connectivity index (χ1) is 8.54. The van der Waals surface area contributed by atoms with Crippen LogP contribution in [0.15, 0.2) is 18.2 Å². The van der Waals surface area contributed by atoms with E-state index in [1.54, 1.807) is 7.11 Å². The van der Waals surface area contributed by atoms with Crippen LogP contribution in [0.1, 0.15) is 49.8 Å². The number of rotatable bonds is 5. The Morgan fingerprint density at radius 3 is 2.50 bits per heavy atom. The summed E-state index contributed by atoms with van der Waals surface area (Å²) in [6.45, 7) is 4.48. The van der Waals surface area contributed by atoms with Crippen molar-refractivity contribution in [2.45, 2.75) is 38.6 Å². The standard InChI is InChI=1S/C15H23NO2/c1-10(2)11-4-5-13(18-3)12(8-11)14(16)15(9-17)6-7-15/h4-5,8,10,14,17H,6-7,9,16H2,1-3H3. The maximum atomic E-state index is 9.51. The first-order valence-corrected chi connectivity index (χ1v) is 6.58. The summed E-state index contributed by atoms with van der Waals surface area (Å²) in [4.78, 5) is 0. The lowest BCUT2D eigenvalue weighted by atomic mass is 9.88. The molecule has 100 valence electrons. The van der Waals surface area contributed by atoms with Gasteiger partial charge in [-0.3, -0.25) is 0 Å². The average Bonchev–Trinajstić information content (AvgIpc) is 3.18. The van der Waals surface area contributed by atoms with Gasteiger partial charge in [0.1, 0.15) is 5.75 Å². The van der Waals surface area contributed by atoms with E-state index in [9.17, 15) is 5.11 Å². The maximum Gasteiger partial charge on any atom is 0.123 e. The maximum absolute atomic E-state index is 9.51. The zero-order chi connectivity index (χ0) is 13.3. The number of aliphatic hydroxyl groups is 1. The Balaban J connectivity index is 2.38. The zero-order valence-corrected chi connectivity index (χ0v) is 11.4. The van der Waals surface area contributed by atoms with Gasteiger partial charge in [0.15, 0.2) is 0 Å². The van der Waals surface area contributed by atoms with Crippen LogP contribution in [0.5, 0.6) is 5.75 Å². The third kappa shape index (κ3) is 2.25. The van der Waals surface area contributed by atoms with Gasteiger partial charge in [0, 0.05) is 17.0 Å². The second kappa shape index (κ2) is 4.90. The van der Waals surface area contributed by atoms with Gasteiger partial charge in [0.25, 0.3) is 0 Å². The average molecular weight is 249 g/mol. The number of hydrogen-bond acceptors (Lipinski definition) is 3. The Kier molecular flexibility index (Phi) is 3.64. The minimum Gasteiger partial charge on any atom is -0.496 e. The normalized spacial score (nSPS) is 18.8. The van der Waals surface area contributed by atoms with Gasteiger partial charge in [0.2, 0.25) is 0 Å². The fourth-order valence-electron chi connectivity index (χ4n) is 2.41. The Morgan fingerprint density at radius 2 is 2.06 bits per heavy atom. The second-order valence-electron chi connectivity index (χ2n) is 5.65. The molecule has 3 heteroatoms. The number of methoxy groups -OCH3 is 1. The molecule has 1 aliphatic rings. The molecule has 0 heterocycles. The summed E-state index contributed by atoms with van der Waals surface area (Å²) >= 11 is 0. The van der Waals surface area contributed by atoms with Crippen LogP contribution in [0, 0.1) is 5.41 Å². The van der Waals surface area contributed by atoms with Crippen molar-refractivity contribution in [3.8, 4) is 5.75 Å². The summed E-state index contributed by atoms with van der Waals surface area (Å²) in [5.74, 6) is 1.29. The highest BCUT2D eigenvalue weighted by Gasteiger charge is 2.48. The van der Waals surface area contributed by atoms with Crippen molar-refractivity contribution >= 4 is 0 Å². The lowest BCUT2D eigenvalue weighted by Crippen LogP contribution is -2.26. The highest BCUT2D eigenvalue weighted by Crippen LogP contribution is 2.54. The Labute approximate surface area is 109 Å². The summed E-state index contributed by atoms with van der Waals surface area (Å²) in [6, 6.07) is 6.05. The first-order valence-electron chi connectivity index (χ1n) is 6.58. The number of nitrogens with two attached hydrogens (primary N) is 1. The SMILES string of the molecule is COc1ccc(C(C)C)cc1C(N)C1(CO)CC1. The van der Waals surface area contributed by atoms with Gasteiger partial charge < -0.3 is 15.6 Å². The van der Waals surface area contributed by atoms with E-state index in [2.05, 4.69) is 26.0 Å². The van der Waals surface area contributed by atoms with Crippen LogP contribution in [-0.2, 0) is 0 Å². The minimum atomic E-state index is -0.142. The van der Waals surface area contributed by atoms with Crippen LogP contribution in [0.2, 0.25) is 0 Å². The second-order valence-corrected chi connectivity index (χ2v) is 5.65. The van der Waals surface area contributed by atoms with Gasteiger partial charge in [-0.15, -0.1) is 0 Å². The largest absolute Gasteiger partial charge is 0.496 e. The van der Waals surface area contributed by atoms with Crippen molar-refractivity contribution in [2.24, 2.45) is 11.1 Å². The molecule has 0 radical (unpaired) electrons. The van der Waals surface area contributed by atoms with Crippen molar-refractivity contribution in [3.63, 3.8) is 0 Å². The summed E-state index contributed by atoms with van der Waals surface area (Å²) in [5.41, 5.74) is 8.51. The minimum absolute atomic E-state index is 0.122. The molecule has 1 unspecified atom stereocenters. The molecule has 1 atom stereocenters. The van der Waals surface area contributed by atoms with Crippen molar-refractivity contribution in [1.29, 1.82) is 0 Å². The van der Waals surface area contributed by atoms with E-state index in [0.717, 1.165) is 24.2 Å². The van der Waals surface area contributed by atoms with Crippen LogP contribution in [0.25, 0.3) is 0 Å². The number of ether oxygens (including phenoxy) is 1. The van der Waals surface area contributed by atoms with Crippen molar-refractivity contribution in [2.75, 3.05) is 13.7 Å². The van der Waals surface area contributed by atoms with E-state index in [1.165, 1.54) is 5.56 Å². The monoisotopic (exact) mass is 249 g/mol. The fourth-order valence-corrected chi connectivity index (χ4v) is 2.41. The molecule has 1 aromatic rings. The molecule has 0 bridgehead atoms. The van der Waals surface area contributed by atoms with Gasteiger partial charge in [-0.05, 0) is 30.4 Å². The third-order valence-corrected chi connectivity index (χ3v) is 4.12. The molecule has 1 aliphatic carbocycles. The number of benzene rings is 1. The predicted octanol–water partition coefficient (Wildman–Crippen LogP) is 2.59. The van der Waals surface area contributed by atoms with Gasteiger partial charge in [-0.1, -0.05) is 26.0 Å². The van der Waals surface area contributed by atoms with E-state index >= 15 is 0 Å². The van der Waals surface area contributed by atoms with Gasteiger partial charge in [0.05, 0.1) is 13.7 Å². The van der Waals surface area contributed by atoms with Gasteiger partial charge >= 0.3 is 0 Å². The molecule has 3 N–H and O–H groups in total. The van der Waals surface area contributed by atoms with E-state index in [0.29, 0.717) is 5.92 Å². The molecule has 0 aromatic heterocycles. The van der Waals surface area contributed by atoms with E-state index < -0.39 is 0 Å². The summed E-state index contributed by atoms with van der Waals surface area (Å²) < 4.78 is 5.41. The van der Waals surface area contributed by atoms with E-state index in [4.69, 9.17) is 10.5 Å². The lowest BCUT2D eigenvalue weighted by Gasteiger charge is -2.24. The molecular formula is C15H23NO2. The topological polar surface area (TPSA) is 55.5 Å².